The summed E-state index contributed by atoms with van der Waals surface area (Å²) in [7, 11) is 3.39. The van der Waals surface area contributed by atoms with Gasteiger partial charge in [-0.15, -0.1) is 0 Å². The molecule has 160 valence electrons. The zero-order valence-corrected chi connectivity index (χ0v) is 18.4. The number of amides is 2. The fourth-order valence-corrected chi connectivity index (χ4v) is 3.70. The summed E-state index contributed by atoms with van der Waals surface area (Å²) in [6.45, 7) is 7.64. The molecule has 0 saturated carbocycles. The second-order valence-electron chi connectivity index (χ2n) is 8.06. The molecule has 1 aliphatic heterocycles. The number of carbonyl (C=O) groups excluding carboxylic acids is 2. The summed E-state index contributed by atoms with van der Waals surface area (Å²) in [4.78, 5) is 33.6. The third-order valence-corrected chi connectivity index (χ3v) is 5.46. The van der Waals surface area contributed by atoms with Gasteiger partial charge in [0.05, 0.1) is 23.7 Å². The van der Waals surface area contributed by atoms with Crippen LogP contribution in [0.4, 0.5) is 11.4 Å². The van der Waals surface area contributed by atoms with Crippen LogP contribution >= 0.6 is 0 Å². The molecule has 3 rings (SSSR count). The normalized spacial score (nSPS) is 15.9. The van der Waals surface area contributed by atoms with Gasteiger partial charge in [0.2, 0.25) is 11.8 Å². The van der Waals surface area contributed by atoms with Crippen molar-refractivity contribution < 1.29 is 14.3 Å². The van der Waals surface area contributed by atoms with Crippen LogP contribution in [-0.2, 0) is 34.0 Å². The Bertz CT molecular complexity index is 925. The van der Waals surface area contributed by atoms with E-state index >= 15 is 0 Å². The Morgan fingerprint density at radius 3 is 2.37 bits per heavy atom. The molecule has 0 bridgehead atoms. The minimum Gasteiger partial charge on any atom is -0.378 e. The van der Waals surface area contributed by atoms with Crippen molar-refractivity contribution in [2.24, 2.45) is 5.41 Å². The lowest BCUT2D eigenvalue weighted by Gasteiger charge is -2.27. The summed E-state index contributed by atoms with van der Waals surface area (Å²) >= 11 is 0. The molecule has 0 fully saturated rings. The van der Waals surface area contributed by atoms with Gasteiger partial charge in [-0.2, -0.15) is 0 Å². The zero-order valence-electron chi connectivity index (χ0n) is 18.4. The van der Waals surface area contributed by atoms with Gasteiger partial charge in [-0.3, -0.25) is 14.6 Å². The number of rotatable bonds is 7. The number of aromatic nitrogens is 1. The molecule has 0 unspecified atom stereocenters. The highest BCUT2D eigenvalue weighted by Gasteiger charge is 2.45. The lowest BCUT2D eigenvalue weighted by molar-refractivity contribution is -0.137. The maximum atomic E-state index is 12.9. The van der Waals surface area contributed by atoms with E-state index in [-0.39, 0.29) is 11.8 Å². The van der Waals surface area contributed by atoms with E-state index in [1.807, 2.05) is 43.5 Å². The van der Waals surface area contributed by atoms with Crippen molar-refractivity contribution in [3.63, 3.8) is 0 Å². The zero-order chi connectivity index (χ0) is 21.9. The highest BCUT2D eigenvalue weighted by molar-refractivity contribution is 6.19. The van der Waals surface area contributed by atoms with E-state index in [4.69, 9.17) is 4.74 Å². The number of pyridine rings is 1. The first-order chi connectivity index (χ1) is 14.3. The molecule has 1 aliphatic rings. The summed E-state index contributed by atoms with van der Waals surface area (Å²) in [5.41, 5.74) is 3.46. The van der Waals surface area contributed by atoms with Crippen LogP contribution in [0.15, 0.2) is 36.5 Å². The Kier molecular flexibility index (Phi) is 6.53. The number of methoxy groups -OCH3 is 1. The molecule has 0 atom stereocenters. The van der Waals surface area contributed by atoms with Gasteiger partial charge in [-0.25, -0.2) is 0 Å². The molecule has 7 heteroatoms. The quantitative estimate of drug-likeness (QED) is 0.711. The van der Waals surface area contributed by atoms with Crippen LogP contribution in [0.5, 0.6) is 0 Å². The maximum Gasteiger partial charge on any atom is 0.242 e. The van der Waals surface area contributed by atoms with Crippen LogP contribution in [0.1, 0.15) is 37.6 Å². The number of nitrogens with zero attached hydrogens (tertiary/aromatic N) is 3. The fourth-order valence-electron chi connectivity index (χ4n) is 3.70. The molecule has 0 radical (unpaired) electrons. The van der Waals surface area contributed by atoms with E-state index in [0.29, 0.717) is 26.2 Å². The molecule has 30 heavy (non-hydrogen) atoms. The van der Waals surface area contributed by atoms with E-state index in [2.05, 4.69) is 10.3 Å². The first kappa shape index (κ1) is 21.9. The number of nitrogens with one attached hydrogen (secondary N) is 1. The van der Waals surface area contributed by atoms with E-state index in [9.17, 15) is 9.59 Å². The van der Waals surface area contributed by atoms with Gasteiger partial charge in [0.15, 0.2) is 0 Å². The number of benzene rings is 1. The Morgan fingerprint density at radius 2 is 1.73 bits per heavy atom. The standard InChI is InChI=1S/C23H30N4O3/c1-6-27-19-10-8-16(11-20(19)26(4)21(28)23(2,3)22(27)29)12-24-13-17-7-9-18(15-30-5)25-14-17/h7-11,14,24H,6,12-13,15H2,1-5H3. The molecule has 2 aromatic rings. The van der Waals surface area contributed by atoms with E-state index in [1.165, 1.54) is 0 Å². The Morgan fingerprint density at radius 1 is 1.03 bits per heavy atom. The Hall–Kier alpha value is -2.77. The molecular weight excluding hydrogens is 380 g/mol. The largest absolute Gasteiger partial charge is 0.378 e. The van der Waals surface area contributed by atoms with Crippen molar-refractivity contribution in [2.45, 2.75) is 40.5 Å². The predicted molar refractivity (Wildman–Crippen MR) is 117 cm³/mol. The summed E-state index contributed by atoms with van der Waals surface area (Å²) in [5.74, 6) is -0.368. The minimum atomic E-state index is -1.09. The van der Waals surface area contributed by atoms with Crippen LogP contribution < -0.4 is 15.1 Å². The van der Waals surface area contributed by atoms with Gasteiger partial charge in [0.1, 0.15) is 5.41 Å². The molecule has 1 aromatic heterocycles. The second-order valence-corrected chi connectivity index (χ2v) is 8.06. The van der Waals surface area contributed by atoms with Crippen LogP contribution in [0, 0.1) is 5.41 Å². The monoisotopic (exact) mass is 410 g/mol. The average Bonchev–Trinajstić information content (AvgIpc) is 2.79. The van der Waals surface area contributed by atoms with Crippen LogP contribution in [0.25, 0.3) is 0 Å². The summed E-state index contributed by atoms with van der Waals surface area (Å²) in [5, 5.41) is 3.41. The van der Waals surface area contributed by atoms with Crippen LogP contribution in [-0.4, -0.2) is 37.5 Å². The molecule has 1 aromatic carbocycles. The smallest absolute Gasteiger partial charge is 0.242 e. The van der Waals surface area contributed by atoms with Crippen molar-refractivity contribution >= 4 is 23.2 Å². The Balaban J connectivity index is 1.76. The van der Waals surface area contributed by atoms with Crippen LogP contribution in [0.2, 0.25) is 0 Å². The Labute approximate surface area is 178 Å². The predicted octanol–water partition coefficient (Wildman–Crippen LogP) is 2.87. The van der Waals surface area contributed by atoms with Crippen molar-refractivity contribution in [1.82, 2.24) is 10.3 Å². The van der Waals surface area contributed by atoms with Crippen LogP contribution in [0.3, 0.4) is 0 Å². The fraction of sp³-hybridized carbons (Fsp3) is 0.435. The highest BCUT2D eigenvalue weighted by atomic mass is 16.5. The molecule has 0 aliphatic carbocycles. The van der Waals surface area contributed by atoms with Crippen molar-refractivity contribution in [2.75, 3.05) is 30.5 Å². The first-order valence-corrected chi connectivity index (χ1v) is 10.2. The van der Waals surface area contributed by atoms with Crippen molar-refractivity contribution in [3.05, 3.63) is 53.3 Å². The molecule has 0 saturated heterocycles. The average molecular weight is 411 g/mol. The first-order valence-electron chi connectivity index (χ1n) is 10.2. The number of carbonyl (C=O) groups is 2. The summed E-state index contributed by atoms with van der Waals surface area (Å²) < 4.78 is 5.08. The van der Waals surface area contributed by atoms with Gasteiger partial charge >= 0.3 is 0 Å². The van der Waals surface area contributed by atoms with Crippen molar-refractivity contribution in [3.8, 4) is 0 Å². The summed E-state index contributed by atoms with van der Waals surface area (Å²) in [6.07, 6.45) is 1.84. The van der Waals surface area contributed by atoms with E-state index in [1.54, 1.807) is 37.8 Å². The third-order valence-electron chi connectivity index (χ3n) is 5.46. The lowest BCUT2D eigenvalue weighted by atomic mass is 9.90. The SMILES string of the molecule is CCN1C(=O)C(C)(C)C(=O)N(C)c2cc(CNCc3ccc(COC)nc3)ccc21. The second kappa shape index (κ2) is 8.93. The topological polar surface area (TPSA) is 74.8 Å². The number of ether oxygens (including phenoxy) is 1. The molecule has 0 spiro atoms. The van der Waals surface area contributed by atoms with Gasteiger partial charge in [-0.1, -0.05) is 12.1 Å². The van der Waals surface area contributed by atoms with Gasteiger partial charge in [0, 0.05) is 40.0 Å². The molecule has 2 heterocycles. The number of anilines is 2. The van der Waals surface area contributed by atoms with Crippen molar-refractivity contribution in [1.29, 1.82) is 0 Å². The number of hydrogen-bond acceptors (Lipinski definition) is 5. The highest BCUT2D eigenvalue weighted by Crippen LogP contribution is 2.38. The number of fused-ring (bicyclic) bond motifs is 1. The van der Waals surface area contributed by atoms with Gasteiger partial charge < -0.3 is 19.9 Å². The summed E-state index contributed by atoms with van der Waals surface area (Å²) in [6, 6.07) is 9.90. The number of hydrogen-bond donors (Lipinski definition) is 1. The molecule has 7 nitrogen and oxygen atoms in total. The molecule has 1 N–H and O–H groups in total. The van der Waals surface area contributed by atoms with E-state index < -0.39 is 5.41 Å². The lowest BCUT2D eigenvalue weighted by Crippen LogP contribution is -2.47. The van der Waals surface area contributed by atoms with Gasteiger partial charge in [0.25, 0.3) is 0 Å². The maximum absolute atomic E-state index is 12.9. The molecular formula is C23H30N4O3. The minimum absolute atomic E-state index is 0.170. The molecule has 2 amide bonds. The van der Waals surface area contributed by atoms with E-state index in [0.717, 1.165) is 28.2 Å². The third kappa shape index (κ3) is 4.22. The van der Waals surface area contributed by atoms with Gasteiger partial charge in [-0.05, 0) is 50.1 Å².